The van der Waals surface area contributed by atoms with Crippen LogP contribution in [0.15, 0.2) is 0 Å². The van der Waals surface area contributed by atoms with E-state index in [1.807, 2.05) is 6.92 Å². The van der Waals surface area contributed by atoms with Gasteiger partial charge in [0.15, 0.2) is 0 Å². The molecule has 0 aromatic heterocycles. The molecule has 0 radical (unpaired) electrons. The highest BCUT2D eigenvalue weighted by molar-refractivity contribution is 5.77. The predicted molar refractivity (Wildman–Crippen MR) is 58.7 cm³/mol. The van der Waals surface area contributed by atoms with E-state index in [0.29, 0.717) is 19.7 Å². The molecule has 15 heavy (non-hydrogen) atoms. The quantitative estimate of drug-likeness (QED) is 0.456. The number of aliphatic hydroxyl groups excluding tert-OH is 1. The van der Waals surface area contributed by atoms with E-state index in [9.17, 15) is 4.79 Å². The van der Waals surface area contributed by atoms with Gasteiger partial charge in [-0.15, -0.1) is 0 Å². The van der Waals surface area contributed by atoms with Gasteiger partial charge in [-0.1, -0.05) is 0 Å². The molecule has 0 aliphatic rings. The molecule has 1 amide bonds. The van der Waals surface area contributed by atoms with Gasteiger partial charge in [-0.3, -0.25) is 4.79 Å². The molecule has 0 rings (SSSR count). The van der Waals surface area contributed by atoms with Crippen molar-refractivity contribution in [3.05, 3.63) is 0 Å². The van der Waals surface area contributed by atoms with Crippen molar-refractivity contribution in [2.24, 2.45) is 0 Å². The van der Waals surface area contributed by atoms with Gasteiger partial charge >= 0.3 is 0 Å². The Kier molecular flexibility index (Phi) is 9.46. The summed E-state index contributed by atoms with van der Waals surface area (Å²) in [5.74, 6) is -0.0251. The van der Waals surface area contributed by atoms with Crippen molar-refractivity contribution in [3.63, 3.8) is 0 Å². The maximum absolute atomic E-state index is 11.2. The van der Waals surface area contributed by atoms with Crippen LogP contribution in [0, 0.1) is 0 Å². The zero-order valence-electron chi connectivity index (χ0n) is 9.58. The summed E-state index contributed by atoms with van der Waals surface area (Å²) in [6.45, 7) is 3.59. The number of carbonyl (C=O) groups is 1. The summed E-state index contributed by atoms with van der Waals surface area (Å²) in [6, 6.07) is 0.255. The lowest BCUT2D eigenvalue weighted by Gasteiger charge is -2.12. The third-order valence-electron chi connectivity index (χ3n) is 2.03. The molecular formula is C10H22N2O3. The molecule has 1 atom stereocenters. The van der Waals surface area contributed by atoms with Crippen LogP contribution in [-0.4, -0.2) is 50.5 Å². The lowest BCUT2D eigenvalue weighted by molar-refractivity contribution is -0.120. The SMILES string of the molecule is COCCNC(=O)CNC(C)CCCO. The number of hydrogen-bond acceptors (Lipinski definition) is 4. The third kappa shape index (κ3) is 9.65. The van der Waals surface area contributed by atoms with Crippen LogP contribution in [0.2, 0.25) is 0 Å². The molecule has 0 spiro atoms. The highest BCUT2D eigenvalue weighted by atomic mass is 16.5. The van der Waals surface area contributed by atoms with Gasteiger partial charge in [0.05, 0.1) is 13.2 Å². The average Bonchev–Trinajstić information content (AvgIpc) is 2.24. The van der Waals surface area contributed by atoms with Crippen molar-refractivity contribution in [1.29, 1.82) is 0 Å². The number of methoxy groups -OCH3 is 1. The molecule has 5 nitrogen and oxygen atoms in total. The number of ether oxygens (including phenoxy) is 1. The molecule has 0 bridgehead atoms. The molecular weight excluding hydrogens is 196 g/mol. The third-order valence-corrected chi connectivity index (χ3v) is 2.03. The minimum Gasteiger partial charge on any atom is -0.396 e. The lowest BCUT2D eigenvalue weighted by atomic mass is 10.2. The number of aliphatic hydroxyl groups is 1. The normalized spacial score (nSPS) is 12.5. The molecule has 0 aromatic rings. The highest BCUT2D eigenvalue weighted by Crippen LogP contribution is 1.93. The van der Waals surface area contributed by atoms with Crippen LogP contribution in [-0.2, 0) is 9.53 Å². The molecule has 0 aliphatic carbocycles. The maximum Gasteiger partial charge on any atom is 0.234 e. The van der Waals surface area contributed by atoms with E-state index in [1.54, 1.807) is 7.11 Å². The topological polar surface area (TPSA) is 70.6 Å². The summed E-state index contributed by atoms with van der Waals surface area (Å²) in [6.07, 6.45) is 1.64. The summed E-state index contributed by atoms with van der Waals surface area (Å²) in [5, 5.41) is 14.4. The number of carbonyl (C=O) groups excluding carboxylic acids is 1. The fourth-order valence-corrected chi connectivity index (χ4v) is 1.12. The zero-order valence-corrected chi connectivity index (χ0v) is 9.58. The molecule has 90 valence electrons. The molecule has 0 heterocycles. The molecule has 0 saturated carbocycles. The molecule has 0 aliphatic heterocycles. The minimum absolute atomic E-state index is 0.0251. The first-order chi connectivity index (χ1) is 7.20. The number of rotatable bonds is 9. The largest absolute Gasteiger partial charge is 0.396 e. The Morgan fingerprint density at radius 3 is 2.87 bits per heavy atom. The second-order valence-corrected chi connectivity index (χ2v) is 3.49. The predicted octanol–water partition coefficient (Wildman–Crippen LogP) is -0.500. The second-order valence-electron chi connectivity index (χ2n) is 3.49. The van der Waals surface area contributed by atoms with Crippen LogP contribution in [0.1, 0.15) is 19.8 Å². The van der Waals surface area contributed by atoms with Crippen molar-refractivity contribution < 1.29 is 14.6 Å². The first kappa shape index (κ1) is 14.3. The van der Waals surface area contributed by atoms with Gasteiger partial charge in [-0.2, -0.15) is 0 Å². The maximum atomic E-state index is 11.2. The first-order valence-electron chi connectivity index (χ1n) is 5.30. The number of amides is 1. The summed E-state index contributed by atoms with van der Waals surface area (Å²) in [4.78, 5) is 11.2. The Labute approximate surface area is 91.2 Å². The van der Waals surface area contributed by atoms with Gasteiger partial charge < -0.3 is 20.5 Å². The lowest BCUT2D eigenvalue weighted by Crippen LogP contribution is -2.39. The average molecular weight is 218 g/mol. The van der Waals surface area contributed by atoms with Crippen molar-refractivity contribution in [2.75, 3.05) is 33.4 Å². The van der Waals surface area contributed by atoms with E-state index in [1.165, 1.54) is 0 Å². The molecule has 1 unspecified atom stereocenters. The smallest absolute Gasteiger partial charge is 0.234 e. The molecule has 3 N–H and O–H groups in total. The Morgan fingerprint density at radius 2 is 2.27 bits per heavy atom. The summed E-state index contributed by atoms with van der Waals surface area (Å²) in [5.41, 5.74) is 0. The minimum atomic E-state index is -0.0251. The van der Waals surface area contributed by atoms with E-state index < -0.39 is 0 Å². The summed E-state index contributed by atoms with van der Waals surface area (Å²) >= 11 is 0. The summed E-state index contributed by atoms with van der Waals surface area (Å²) < 4.78 is 4.81. The number of hydrogen-bond donors (Lipinski definition) is 3. The monoisotopic (exact) mass is 218 g/mol. The van der Waals surface area contributed by atoms with Crippen molar-refractivity contribution in [3.8, 4) is 0 Å². The van der Waals surface area contributed by atoms with Crippen molar-refractivity contribution in [2.45, 2.75) is 25.8 Å². The van der Waals surface area contributed by atoms with Gasteiger partial charge in [-0.05, 0) is 19.8 Å². The standard InChI is InChI=1S/C10H22N2O3/c1-9(4-3-6-13)12-8-10(14)11-5-7-15-2/h9,12-13H,3-8H2,1-2H3,(H,11,14). The van der Waals surface area contributed by atoms with Crippen LogP contribution in [0.25, 0.3) is 0 Å². The molecule has 5 heteroatoms. The zero-order chi connectivity index (χ0) is 11.5. The molecule has 0 saturated heterocycles. The van der Waals surface area contributed by atoms with Gasteiger partial charge in [0.25, 0.3) is 0 Å². The van der Waals surface area contributed by atoms with Gasteiger partial charge in [0, 0.05) is 26.3 Å². The van der Waals surface area contributed by atoms with Gasteiger partial charge in [0.1, 0.15) is 0 Å². The Balaban J connectivity index is 3.36. The van der Waals surface area contributed by atoms with E-state index in [2.05, 4.69) is 10.6 Å². The van der Waals surface area contributed by atoms with E-state index in [0.717, 1.165) is 12.8 Å². The van der Waals surface area contributed by atoms with Crippen LogP contribution in [0.5, 0.6) is 0 Å². The van der Waals surface area contributed by atoms with Crippen molar-refractivity contribution in [1.82, 2.24) is 10.6 Å². The Bertz CT molecular complexity index is 165. The highest BCUT2D eigenvalue weighted by Gasteiger charge is 2.04. The van der Waals surface area contributed by atoms with Crippen LogP contribution in [0.3, 0.4) is 0 Å². The Morgan fingerprint density at radius 1 is 1.53 bits per heavy atom. The fraction of sp³-hybridized carbons (Fsp3) is 0.900. The fourth-order valence-electron chi connectivity index (χ4n) is 1.12. The summed E-state index contributed by atoms with van der Waals surface area (Å²) in [7, 11) is 1.60. The van der Waals surface area contributed by atoms with Gasteiger partial charge in [0.2, 0.25) is 5.91 Å². The number of nitrogens with one attached hydrogen (secondary N) is 2. The van der Waals surface area contributed by atoms with Crippen molar-refractivity contribution >= 4 is 5.91 Å². The van der Waals surface area contributed by atoms with Gasteiger partial charge in [-0.25, -0.2) is 0 Å². The van der Waals surface area contributed by atoms with Crippen LogP contribution in [0.4, 0.5) is 0 Å². The van der Waals surface area contributed by atoms with E-state index in [-0.39, 0.29) is 18.6 Å². The second kappa shape index (κ2) is 9.89. The van der Waals surface area contributed by atoms with Crippen LogP contribution < -0.4 is 10.6 Å². The molecule has 0 fully saturated rings. The Hall–Kier alpha value is -0.650. The van der Waals surface area contributed by atoms with Crippen LogP contribution >= 0.6 is 0 Å². The molecule has 0 aromatic carbocycles. The van der Waals surface area contributed by atoms with E-state index >= 15 is 0 Å². The van der Waals surface area contributed by atoms with E-state index in [4.69, 9.17) is 9.84 Å². The first-order valence-corrected chi connectivity index (χ1v) is 5.30.